The van der Waals surface area contributed by atoms with E-state index in [9.17, 15) is 0 Å². The molecule has 0 saturated heterocycles. The Morgan fingerprint density at radius 1 is 0.500 bits per heavy atom. The third-order valence-corrected chi connectivity index (χ3v) is 8.14. The summed E-state index contributed by atoms with van der Waals surface area (Å²) >= 11 is 0. The minimum Gasteiger partial charge on any atom is -0.0622 e. The van der Waals surface area contributed by atoms with E-state index in [1.54, 1.807) is 0 Å². The van der Waals surface area contributed by atoms with Gasteiger partial charge in [-0.2, -0.15) is 0 Å². The van der Waals surface area contributed by atoms with Crippen LogP contribution in [0.1, 0.15) is 100 Å². The third kappa shape index (κ3) is 4.55. The molecule has 0 aliphatic carbocycles. The van der Waals surface area contributed by atoms with Gasteiger partial charge in [-0.15, -0.1) is 0 Å². The van der Waals surface area contributed by atoms with Gasteiger partial charge in [-0.3, -0.25) is 0 Å². The van der Waals surface area contributed by atoms with Crippen LogP contribution >= 0.6 is 0 Å². The highest BCUT2D eigenvalue weighted by Crippen LogP contribution is 2.49. The zero-order valence-corrected chi connectivity index (χ0v) is 23.3. The number of rotatable bonds is 7. The van der Waals surface area contributed by atoms with Crippen LogP contribution in [0.5, 0.6) is 0 Å². The van der Waals surface area contributed by atoms with Crippen LogP contribution in [0.3, 0.4) is 0 Å². The van der Waals surface area contributed by atoms with Crippen molar-refractivity contribution in [3.63, 3.8) is 0 Å². The molecule has 4 rings (SSSR count). The van der Waals surface area contributed by atoms with Gasteiger partial charge in [-0.25, -0.2) is 0 Å². The predicted octanol–water partition coefficient (Wildman–Crippen LogP) is 9.59. The van der Waals surface area contributed by atoms with Crippen molar-refractivity contribution in [1.82, 2.24) is 0 Å². The fourth-order valence-electron chi connectivity index (χ4n) is 5.81. The molecule has 4 aromatic carbocycles. The van der Waals surface area contributed by atoms with Crippen molar-refractivity contribution in [2.24, 2.45) is 0 Å². The summed E-state index contributed by atoms with van der Waals surface area (Å²) in [6.45, 7) is 18.9. The van der Waals surface area contributed by atoms with Crippen molar-refractivity contribution in [3.05, 3.63) is 142 Å². The Bertz CT molecular complexity index is 1290. The van der Waals surface area contributed by atoms with Crippen LogP contribution < -0.4 is 0 Å². The average Bonchev–Trinajstić information content (AvgIpc) is 2.89. The Balaban J connectivity index is 2.16. The predicted molar refractivity (Wildman–Crippen MR) is 155 cm³/mol. The lowest BCUT2D eigenvalue weighted by molar-refractivity contribution is 0.536. The molecule has 1 radical (unpaired) electrons. The molecule has 4 aromatic rings. The summed E-state index contributed by atoms with van der Waals surface area (Å²) in [6.07, 6.45) is 0. The summed E-state index contributed by atoms with van der Waals surface area (Å²) in [6, 6.07) is 39.1. The summed E-state index contributed by atoms with van der Waals surface area (Å²) in [7, 11) is 0. The Labute approximate surface area is 219 Å². The van der Waals surface area contributed by atoms with Gasteiger partial charge in [-0.05, 0) is 50.9 Å². The van der Waals surface area contributed by atoms with Gasteiger partial charge in [0.05, 0.1) is 0 Å². The van der Waals surface area contributed by atoms with E-state index in [-0.39, 0.29) is 16.2 Å². The third-order valence-electron chi connectivity index (χ3n) is 8.14. The van der Waals surface area contributed by atoms with Gasteiger partial charge in [0.15, 0.2) is 0 Å². The molecule has 0 nitrogen and oxygen atoms in total. The van der Waals surface area contributed by atoms with Gasteiger partial charge in [0.2, 0.25) is 0 Å². The Morgan fingerprint density at radius 2 is 0.861 bits per heavy atom. The minimum absolute atomic E-state index is 0.182. The first-order chi connectivity index (χ1) is 17.0. The van der Waals surface area contributed by atoms with Gasteiger partial charge in [0, 0.05) is 16.2 Å². The fraction of sp³-hybridized carbons (Fsp3) is 0.333. The normalized spacial score (nSPS) is 12.7. The smallest absolute Gasteiger partial charge is 0.0155 e. The van der Waals surface area contributed by atoms with E-state index < -0.39 is 0 Å². The molecule has 36 heavy (non-hydrogen) atoms. The fourth-order valence-corrected chi connectivity index (χ4v) is 5.81. The summed E-state index contributed by atoms with van der Waals surface area (Å²) in [4.78, 5) is 0. The van der Waals surface area contributed by atoms with Crippen molar-refractivity contribution in [2.45, 2.75) is 77.6 Å². The summed E-state index contributed by atoms with van der Waals surface area (Å²) in [5.74, 6) is 0.387. The van der Waals surface area contributed by atoms with Gasteiger partial charge in [0.25, 0.3) is 0 Å². The molecular weight excluding hydrogens is 432 g/mol. The molecule has 0 amide bonds. The minimum atomic E-state index is -0.217. The molecule has 0 heteroatoms. The largest absolute Gasteiger partial charge is 0.0622 e. The van der Waals surface area contributed by atoms with Crippen molar-refractivity contribution in [3.8, 4) is 0 Å². The molecular formula is C36H41. The van der Waals surface area contributed by atoms with Gasteiger partial charge >= 0.3 is 0 Å². The Morgan fingerprint density at radius 3 is 1.25 bits per heavy atom. The molecule has 0 aliphatic rings. The number of benzene rings is 4. The molecule has 0 aromatic heterocycles. The van der Waals surface area contributed by atoms with Crippen LogP contribution in [0.25, 0.3) is 0 Å². The van der Waals surface area contributed by atoms with E-state index in [2.05, 4.69) is 159 Å². The van der Waals surface area contributed by atoms with Crippen molar-refractivity contribution in [1.29, 1.82) is 0 Å². The van der Waals surface area contributed by atoms with Crippen LogP contribution in [0.15, 0.2) is 97.1 Å². The van der Waals surface area contributed by atoms with Crippen LogP contribution in [0.2, 0.25) is 0 Å². The lowest BCUT2D eigenvalue weighted by atomic mass is 9.61. The highest BCUT2D eigenvalue weighted by molar-refractivity contribution is 5.59. The second kappa shape index (κ2) is 9.74. The molecule has 0 spiro atoms. The van der Waals surface area contributed by atoms with Crippen LogP contribution in [0.4, 0.5) is 0 Å². The van der Waals surface area contributed by atoms with E-state index >= 15 is 0 Å². The molecule has 0 N–H and O–H groups in total. The molecule has 0 heterocycles. The molecule has 0 unspecified atom stereocenters. The van der Waals surface area contributed by atoms with Crippen molar-refractivity contribution in [2.75, 3.05) is 0 Å². The van der Waals surface area contributed by atoms with Gasteiger partial charge < -0.3 is 0 Å². The first kappa shape index (κ1) is 26.0. The van der Waals surface area contributed by atoms with E-state index in [0.29, 0.717) is 5.92 Å². The molecule has 0 saturated carbocycles. The zero-order valence-electron chi connectivity index (χ0n) is 23.3. The Hall–Kier alpha value is -3.12. The topological polar surface area (TPSA) is 0 Å². The van der Waals surface area contributed by atoms with Gasteiger partial charge in [0.1, 0.15) is 0 Å². The van der Waals surface area contributed by atoms with Gasteiger partial charge in [-0.1, -0.05) is 152 Å². The maximum atomic E-state index is 3.87. The summed E-state index contributed by atoms with van der Waals surface area (Å²) in [5.41, 5.74) is 8.89. The molecule has 0 atom stereocenters. The second-order valence-electron chi connectivity index (χ2n) is 12.0. The summed E-state index contributed by atoms with van der Waals surface area (Å²) in [5, 5.41) is 0. The number of hydrogen-bond acceptors (Lipinski definition) is 0. The maximum Gasteiger partial charge on any atom is 0.0155 e. The van der Waals surface area contributed by atoms with Crippen LogP contribution in [0, 0.1) is 6.07 Å². The SMILES string of the molecule is CC(C)c1c[c]c(C(C)(C)c2ccccc2)c(C(C)(C)c2ccccc2)c1C(C)(C)c1ccccc1. The molecule has 185 valence electrons. The zero-order chi connectivity index (χ0) is 26.1. The van der Waals surface area contributed by atoms with Crippen LogP contribution in [-0.2, 0) is 16.2 Å². The number of hydrogen-bond donors (Lipinski definition) is 0. The second-order valence-corrected chi connectivity index (χ2v) is 12.0. The molecule has 0 fully saturated rings. The lowest BCUT2D eigenvalue weighted by Crippen LogP contribution is -2.34. The standard InChI is InChI=1S/C36H41/c1-26(2)30-24-25-31(34(3,4)27-18-12-9-13-19-27)33(36(7,8)29-22-16-11-17-23-29)32(30)35(5,6)28-20-14-10-15-21-28/h9-24,26H,1-8H3. The molecule has 0 bridgehead atoms. The van der Waals surface area contributed by atoms with E-state index in [4.69, 9.17) is 0 Å². The van der Waals surface area contributed by atoms with Crippen molar-refractivity contribution >= 4 is 0 Å². The Kier molecular flexibility index (Phi) is 7.02. The highest BCUT2D eigenvalue weighted by atomic mass is 14.4. The van der Waals surface area contributed by atoms with Crippen LogP contribution in [-0.4, -0.2) is 0 Å². The average molecular weight is 474 g/mol. The lowest BCUT2D eigenvalue weighted by Gasteiger charge is -2.42. The van der Waals surface area contributed by atoms with E-state index in [1.165, 1.54) is 38.9 Å². The highest BCUT2D eigenvalue weighted by Gasteiger charge is 2.40. The quantitative estimate of drug-likeness (QED) is 0.251. The first-order valence-electron chi connectivity index (χ1n) is 13.3. The molecule has 0 aliphatic heterocycles. The van der Waals surface area contributed by atoms with Crippen molar-refractivity contribution < 1.29 is 0 Å². The summed E-state index contributed by atoms with van der Waals surface area (Å²) < 4.78 is 0. The monoisotopic (exact) mass is 473 g/mol. The first-order valence-corrected chi connectivity index (χ1v) is 13.3. The van der Waals surface area contributed by atoms with E-state index in [0.717, 1.165) is 0 Å². The van der Waals surface area contributed by atoms with E-state index in [1.807, 2.05) is 0 Å². The maximum absolute atomic E-state index is 3.87.